The first-order valence-electron chi connectivity index (χ1n) is 8.26. The van der Waals surface area contributed by atoms with Gasteiger partial charge in [-0.05, 0) is 61.3 Å². The number of aryl methyl sites for hydroxylation is 2. The number of thiocarbonyl (C=S) groups is 1. The molecular formula is C20H26N2S. The second-order valence-electron chi connectivity index (χ2n) is 6.07. The number of hydrogen-bond donors (Lipinski definition) is 1. The lowest BCUT2D eigenvalue weighted by molar-refractivity contribution is 0.408. The lowest BCUT2D eigenvalue weighted by Crippen LogP contribution is -2.35. The van der Waals surface area contributed by atoms with Crippen molar-refractivity contribution in [2.45, 2.75) is 40.2 Å². The molecule has 0 aromatic heterocycles. The molecule has 0 aliphatic heterocycles. The zero-order chi connectivity index (χ0) is 16.7. The van der Waals surface area contributed by atoms with Crippen LogP contribution in [-0.2, 0) is 6.54 Å². The number of nitrogens with one attached hydrogen (secondary N) is 1. The number of benzene rings is 2. The lowest BCUT2D eigenvalue weighted by Gasteiger charge is -2.26. The molecule has 0 amide bonds. The number of rotatable bonds is 6. The van der Waals surface area contributed by atoms with Gasteiger partial charge in [-0.2, -0.15) is 0 Å². The van der Waals surface area contributed by atoms with E-state index in [1.807, 2.05) is 6.07 Å². The number of nitrogens with zero attached hydrogens (tertiary/aromatic N) is 1. The summed E-state index contributed by atoms with van der Waals surface area (Å²) < 4.78 is 0. The van der Waals surface area contributed by atoms with Crippen LogP contribution in [-0.4, -0.2) is 16.6 Å². The molecule has 0 heterocycles. The molecule has 2 nitrogen and oxygen atoms in total. The van der Waals surface area contributed by atoms with Gasteiger partial charge >= 0.3 is 0 Å². The fourth-order valence-corrected chi connectivity index (χ4v) is 2.93. The summed E-state index contributed by atoms with van der Waals surface area (Å²) in [4.78, 5) is 2.26. The van der Waals surface area contributed by atoms with Crippen LogP contribution in [0.3, 0.4) is 0 Å². The second kappa shape index (κ2) is 8.68. The van der Waals surface area contributed by atoms with Crippen molar-refractivity contribution in [3.63, 3.8) is 0 Å². The Morgan fingerprint density at radius 2 is 1.70 bits per heavy atom. The van der Waals surface area contributed by atoms with Gasteiger partial charge in [0.15, 0.2) is 5.11 Å². The van der Waals surface area contributed by atoms with Gasteiger partial charge in [0.25, 0.3) is 0 Å². The van der Waals surface area contributed by atoms with Crippen molar-refractivity contribution in [3.8, 4) is 0 Å². The summed E-state index contributed by atoms with van der Waals surface area (Å²) in [6, 6.07) is 17.0. The molecule has 0 radical (unpaired) electrons. The smallest absolute Gasteiger partial charge is 0.173 e. The van der Waals surface area contributed by atoms with E-state index in [9.17, 15) is 0 Å². The third-order valence-electron chi connectivity index (χ3n) is 3.76. The lowest BCUT2D eigenvalue weighted by atomic mass is 10.1. The van der Waals surface area contributed by atoms with E-state index in [4.69, 9.17) is 12.2 Å². The van der Waals surface area contributed by atoms with E-state index >= 15 is 0 Å². The van der Waals surface area contributed by atoms with Crippen LogP contribution in [0.2, 0.25) is 0 Å². The highest BCUT2D eigenvalue weighted by atomic mass is 32.1. The third kappa shape index (κ3) is 5.68. The summed E-state index contributed by atoms with van der Waals surface area (Å²) in [5, 5.41) is 4.21. The summed E-state index contributed by atoms with van der Waals surface area (Å²) in [5.41, 5.74) is 4.85. The molecule has 0 bridgehead atoms. The molecule has 0 fully saturated rings. The molecule has 2 aromatic rings. The quantitative estimate of drug-likeness (QED) is 0.725. The van der Waals surface area contributed by atoms with E-state index in [-0.39, 0.29) is 0 Å². The van der Waals surface area contributed by atoms with E-state index in [1.165, 1.54) is 16.7 Å². The first-order valence-corrected chi connectivity index (χ1v) is 8.67. The highest BCUT2D eigenvalue weighted by Gasteiger charge is 2.10. The zero-order valence-corrected chi connectivity index (χ0v) is 15.1. The molecule has 0 spiro atoms. The Labute approximate surface area is 145 Å². The largest absolute Gasteiger partial charge is 0.345 e. The van der Waals surface area contributed by atoms with Crippen LogP contribution in [0.5, 0.6) is 0 Å². The Balaban J connectivity index is 2.09. The normalized spacial score (nSPS) is 10.4. The highest BCUT2D eigenvalue weighted by Crippen LogP contribution is 2.15. The number of unbranched alkanes of at least 4 members (excludes halogenated alkanes) is 1. The predicted octanol–water partition coefficient (Wildman–Crippen LogP) is 5.30. The maximum atomic E-state index is 5.67. The van der Waals surface area contributed by atoms with Crippen molar-refractivity contribution in [2.24, 2.45) is 0 Å². The van der Waals surface area contributed by atoms with Crippen molar-refractivity contribution >= 4 is 23.0 Å². The molecule has 23 heavy (non-hydrogen) atoms. The van der Waals surface area contributed by atoms with Gasteiger partial charge in [-0.3, -0.25) is 0 Å². The summed E-state index contributed by atoms with van der Waals surface area (Å²) in [5.74, 6) is 0. The minimum absolute atomic E-state index is 0.798. The Kier molecular flexibility index (Phi) is 6.60. The first-order chi connectivity index (χ1) is 11.1. The molecule has 0 saturated heterocycles. The van der Waals surface area contributed by atoms with Crippen molar-refractivity contribution in [1.82, 2.24) is 4.90 Å². The fraction of sp³-hybridized carbons (Fsp3) is 0.350. The van der Waals surface area contributed by atoms with Crippen LogP contribution < -0.4 is 5.32 Å². The second-order valence-corrected chi connectivity index (χ2v) is 6.45. The maximum Gasteiger partial charge on any atom is 0.173 e. The van der Waals surface area contributed by atoms with Gasteiger partial charge in [0.1, 0.15) is 0 Å². The van der Waals surface area contributed by atoms with Gasteiger partial charge in [0.2, 0.25) is 0 Å². The van der Waals surface area contributed by atoms with Crippen LogP contribution in [0.4, 0.5) is 5.69 Å². The average molecular weight is 327 g/mol. The maximum absolute atomic E-state index is 5.67. The molecule has 0 unspecified atom stereocenters. The summed E-state index contributed by atoms with van der Waals surface area (Å²) >= 11 is 5.67. The molecule has 0 aliphatic rings. The topological polar surface area (TPSA) is 15.3 Å². The van der Waals surface area contributed by atoms with Crippen LogP contribution in [0.25, 0.3) is 0 Å². The van der Waals surface area contributed by atoms with Crippen molar-refractivity contribution in [1.29, 1.82) is 0 Å². The molecule has 2 rings (SSSR count). The SMILES string of the molecule is CCCCN(Cc1ccccc1)C(=S)Nc1cc(C)cc(C)c1. The minimum atomic E-state index is 0.798. The summed E-state index contributed by atoms with van der Waals surface area (Å²) in [6.07, 6.45) is 2.30. The van der Waals surface area contributed by atoms with Crippen LogP contribution >= 0.6 is 12.2 Å². The number of hydrogen-bond acceptors (Lipinski definition) is 1. The van der Waals surface area contributed by atoms with E-state index in [0.29, 0.717) is 0 Å². The average Bonchev–Trinajstić information content (AvgIpc) is 2.51. The predicted molar refractivity (Wildman–Crippen MR) is 104 cm³/mol. The van der Waals surface area contributed by atoms with Gasteiger partial charge in [-0.1, -0.05) is 49.7 Å². The molecular weight excluding hydrogens is 300 g/mol. The summed E-state index contributed by atoms with van der Waals surface area (Å²) in [7, 11) is 0. The number of anilines is 1. The van der Waals surface area contributed by atoms with Crippen molar-refractivity contribution < 1.29 is 0 Å². The molecule has 0 aliphatic carbocycles. The van der Waals surface area contributed by atoms with E-state index in [2.05, 4.69) is 73.5 Å². The zero-order valence-electron chi connectivity index (χ0n) is 14.3. The Hall–Kier alpha value is -1.87. The monoisotopic (exact) mass is 326 g/mol. The first kappa shape index (κ1) is 17.5. The van der Waals surface area contributed by atoms with Crippen molar-refractivity contribution in [2.75, 3.05) is 11.9 Å². The highest BCUT2D eigenvalue weighted by molar-refractivity contribution is 7.80. The van der Waals surface area contributed by atoms with Gasteiger partial charge in [-0.15, -0.1) is 0 Å². The molecule has 3 heteroatoms. The van der Waals surface area contributed by atoms with Crippen molar-refractivity contribution in [3.05, 3.63) is 65.2 Å². The fourth-order valence-electron chi connectivity index (χ4n) is 2.65. The molecule has 2 aromatic carbocycles. The van der Waals surface area contributed by atoms with E-state index in [0.717, 1.165) is 36.7 Å². The van der Waals surface area contributed by atoms with E-state index < -0.39 is 0 Å². The standard InChI is InChI=1S/C20H26N2S/c1-4-5-11-22(15-18-9-7-6-8-10-18)20(23)21-19-13-16(2)12-17(3)14-19/h6-10,12-14H,4-5,11,15H2,1-3H3,(H,21,23). The molecule has 122 valence electrons. The van der Waals surface area contributed by atoms with Crippen LogP contribution in [0, 0.1) is 13.8 Å². The van der Waals surface area contributed by atoms with Gasteiger partial charge in [-0.25, -0.2) is 0 Å². The van der Waals surface area contributed by atoms with Crippen LogP contribution in [0.1, 0.15) is 36.5 Å². The minimum Gasteiger partial charge on any atom is -0.345 e. The third-order valence-corrected chi connectivity index (χ3v) is 4.12. The molecule has 0 saturated carbocycles. The van der Waals surface area contributed by atoms with Crippen LogP contribution in [0.15, 0.2) is 48.5 Å². The Morgan fingerprint density at radius 1 is 1.04 bits per heavy atom. The Bertz CT molecular complexity index is 617. The molecule has 1 N–H and O–H groups in total. The Morgan fingerprint density at radius 3 is 2.30 bits per heavy atom. The molecule has 0 atom stereocenters. The van der Waals surface area contributed by atoms with Gasteiger partial charge < -0.3 is 10.2 Å². The van der Waals surface area contributed by atoms with Gasteiger partial charge in [0.05, 0.1) is 0 Å². The van der Waals surface area contributed by atoms with E-state index in [1.54, 1.807) is 0 Å². The van der Waals surface area contributed by atoms with Gasteiger partial charge in [0, 0.05) is 18.8 Å². The summed E-state index contributed by atoms with van der Waals surface area (Å²) in [6.45, 7) is 8.25.